The van der Waals surface area contributed by atoms with Crippen LogP contribution in [0.3, 0.4) is 0 Å². The van der Waals surface area contributed by atoms with Crippen LogP contribution in [0.25, 0.3) is 0 Å². The number of hydrogen-bond acceptors (Lipinski definition) is 1. The van der Waals surface area contributed by atoms with Gasteiger partial charge in [0.05, 0.1) is 15.9 Å². The van der Waals surface area contributed by atoms with Gasteiger partial charge in [0, 0.05) is 18.7 Å². The molecular weight excluding hydrogens is 330 g/mol. The van der Waals surface area contributed by atoms with Gasteiger partial charge in [0.2, 0.25) is 0 Å². The molecule has 1 rings (SSSR count). The van der Waals surface area contributed by atoms with Crippen molar-refractivity contribution in [2.75, 3.05) is 5.88 Å². The largest absolute Gasteiger partial charge is 0.384 e. The molecule has 1 unspecified atom stereocenters. The fourth-order valence-corrected chi connectivity index (χ4v) is 5.16. The molecule has 0 amide bonds. The van der Waals surface area contributed by atoms with Crippen LogP contribution in [0.4, 0.5) is 0 Å². The third-order valence-corrected chi connectivity index (χ3v) is 5.68. The predicted octanol–water partition coefficient (Wildman–Crippen LogP) is 5.41. The van der Waals surface area contributed by atoms with Crippen molar-refractivity contribution in [2.45, 2.75) is 31.3 Å². The van der Waals surface area contributed by atoms with E-state index in [-0.39, 0.29) is 5.88 Å². The number of hydrogen-bond donors (Lipinski definition) is 1. The van der Waals surface area contributed by atoms with Crippen molar-refractivity contribution in [1.29, 1.82) is 0 Å². The fourth-order valence-electron chi connectivity index (χ4n) is 1.97. The molecule has 0 spiro atoms. The van der Waals surface area contributed by atoms with Crippen LogP contribution < -0.4 is 0 Å². The van der Waals surface area contributed by atoms with Gasteiger partial charge < -0.3 is 5.11 Å². The maximum atomic E-state index is 10.7. The van der Waals surface area contributed by atoms with Gasteiger partial charge in [-0.05, 0) is 18.2 Å². The molecule has 0 aliphatic rings. The highest BCUT2D eigenvalue weighted by molar-refractivity contribution is 6.76. The Hall–Kier alpha value is 0.557. The first-order valence-corrected chi connectivity index (χ1v) is 10.9. The maximum absolute atomic E-state index is 10.7. The van der Waals surface area contributed by atoms with Crippen molar-refractivity contribution < 1.29 is 5.11 Å². The molecular formula is C12H16Cl4OSi. The van der Waals surface area contributed by atoms with Crippen LogP contribution in [0.15, 0.2) is 12.1 Å². The summed E-state index contributed by atoms with van der Waals surface area (Å²) >= 11 is 24.0. The summed E-state index contributed by atoms with van der Waals surface area (Å²) in [7, 11) is -1.52. The quantitative estimate of drug-likeness (QED) is 0.439. The van der Waals surface area contributed by atoms with E-state index in [0.717, 1.165) is 0 Å². The first-order valence-electron chi connectivity index (χ1n) is 5.52. The average Bonchev–Trinajstić information content (AvgIpc) is 2.20. The van der Waals surface area contributed by atoms with Crippen LogP contribution in [0.2, 0.25) is 40.8 Å². The zero-order chi connectivity index (χ0) is 14.1. The first-order chi connectivity index (χ1) is 8.09. The Kier molecular flexibility index (Phi) is 5.45. The van der Waals surface area contributed by atoms with E-state index < -0.39 is 13.7 Å². The lowest BCUT2D eigenvalue weighted by Crippen LogP contribution is -2.37. The van der Waals surface area contributed by atoms with Gasteiger partial charge in [0.15, 0.2) is 0 Å². The summed E-state index contributed by atoms with van der Waals surface area (Å²) in [5.41, 5.74) is -0.604. The SMILES string of the molecule is C[Si](C)(C)CC(O)(CCl)c1cc(Cl)c(Cl)cc1Cl. The molecule has 0 radical (unpaired) electrons. The lowest BCUT2D eigenvalue weighted by molar-refractivity contribution is 0.0809. The summed E-state index contributed by atoms with van der Waals surface area (Å²) in [6.07, 6.45) is 0. The molecule has 1 atom stereocenters. The zero-order valence-corrected chi connectivity index (χ0v) is 14.6. The second-order valence-electron chi connectivity index (χ2n) is 5.65. The maximum Gasteiger partial charge on any atom is 0.102 e. The summed E-state index contributed by atoms with van der Waals surface area (Å²) in [5.74, 6) is 0.0783. The van der Waals surface area contributed by atoms with Crippen LogP contribution in [-0.4, -0.2) is 19.1 Å². The summed E-state index contributed by atoms with van der Waals surface area (Å²) in [5, 5.41) is 11.9. The molecule has 102 valence electrons. The van der Waals surface area contributed by atoms with E-state index in [9.17, 15) is 5.11 Å². The number of benzene rings is 1. The van der Waals surface area contributed by atoms with E-state index in [1.807, 2.05) is 0 Å². The van der Waals surface area contributed by atoms with Crippen LogP contribution in [-0.2, 0) is 5.60 Å². The number of rotatable bonds is 4. The third kappa shape index (κ3) is 4.02. The highest BCUT2D eigenvalue weighted by Crippen LogP contribution is 2.39. The minimum atomic E-state index is -1.52. The normalized spacial score (nSPS) is 15.6. The van der Waals surface area contributed by atoms with Gasteiger partial charge in [-0.3, -0.25) is 0 Å². The Balaban J connectivity index is 3.28. The fraction of sp³-hybridized carbons (Fsp3) is 0.500. The standard InChI is InChI=1S/C12H16Cl4OSi/c1-18(2,3)7-12(17,6-13)8-4-10(15)11(16)5-9(8)14/h4-5,17H,6-7H2,1-3H3. The molecule has 0 heterocycles. The highest BCUT2D eigenvalue weighted by Gasteiger charge is 2.36. The van der Waals surface area contributed by atoms with Crippen molar-refractivity contribution in [3.05, 3.63) is 32.8 Å². The Labute approximate surface area is 129 Å². The summed E-state index contributed by atoms with van der Waals surface area (Å²) in [6, 6.07) is 3.76. The van der Waals surface area contributed by atoms with Gasteiger partial charge in [-0.25, -0.2) is 0 Å². The van der Waals surface area contributed by atoms with Gasteiger partial charge >= 0.3 is 0 Å². The monoisotopic (exact) mass is 344 g/mol. The molecule has 1 aromatic carbocycles. The highest BCUT2D eigenvalue weighted by atomic mass is 35.5. The molecule has 0 aromatic heterocycles. The topological polar surface area (TPSA) is 20.2 Å². The average molecular weight is 346 g/mol. The molecule has 1 N–H and O–H groups in total. The second kappa shape index (κ2) is 5.90. The van der Waals surface area contributed by atoms with Gasteiger partial charge in [0.1, 0.15) is 5.60 Å². The molecule has 1 aromatic rings. The second-order valence-corrected chi connectivity index (χ2v) is 12.6. The van der Waals surface area contributed by atoms with Gasteiger partial charge in [-0.15, -0.1) is 11.6 Å². The lowest BCUT2D eigenvalue weighted by atomic mass is 9.98. The summed E-state index contributed by atoms with van der Waals surface area (Å²) < 4.78 is 0. The van der Waals surface area contributed by atoms with Crippen LogP contribution in [0.1, 0.15) is 5.56 Å². The zero-order valence-electron chi connectivity index (χ0n) is 10.5. The van der Waals surface area contributed by atoms with E-state index in [1.165, 1.54) is 0 Å². The van der Waals surface area contributed by atoms with E-state index >= 15 is 0 Å². The summed E-state index contributed by atoms with van der Waals surface area (Å²) in [4.78, 5) is 0. The minimum Gasteiger partial charge on any atom is -0.384 e. The molecule has 18 heavy (non-hydrogen) atoms. The van der Waals surface area contributed by atoms with Gasteiger partial charge in [0.25, 0.3) is 0 Å². The number of halogens is 4. The Morgan fingerprint density at radius 2 is 1.56 bits per heavy atom. The molecule has 0 aliphatic carbocycles. The molecule has 0 fully saturated rings. The van der Waals surface area contributed by atoms with E-state index in [4.69, 9.17) is 46.4 Å². The predicted molar refractivity (Wildman–Crippen MR) is 84.2 cm³/mol. The first kappa shape index (κ1) is 16.6. The molecule has 0 saturated heterocycles. The molecule has 0 saturated carbocycles. The summed E-state index contributed by atoms with van der Waals surface area (Å²) in [6.45, 7) is 6.49. The lowest BCUT2D eigenvalue weighted by Gasteiger charge is -2.33. The minimum absolute atomic E-state index is 0.0783. The number of aliphatic hydroxyl groups is 1. The van der Waals surface area contributed by atoms with Crippen molar-refractivity contribution in [3.63, 3.8) is 0 Å². The Morgan fingerprint density at radius 1 is 1.06 bits per heavy atom. The van der Waals surface area contributed by atoms with Gasteiger partial charge in [-0.1, -0.05) is 54.4 Å². The van der Waals surface area contributed by atoms with Crippen molar-refractivity contribution in [1.82, 2.24) is 0 Å². The van der Waals surface area contributed by atoms with Crippen LogP contribution in [0.5, 0.6) is 0 Å². The smallest absolute Gasteiger partial charge is 0.102 e. The van der Waals surface area contributed by atoms with Crippen LogP contribution in [0, 0.1) is 0 Å². The van der Waals surface area contributed by atoms with E-state index in [0.29, 0.717) is 26.7 Å². The van der Waals surface area contributed by atoms with Crippen molar-refractivity contribution >= 4 is 54.5 Å². The molecule has 0 bridgehead atoms. The molecule has 0 aliphatic heterocycles. The van der Waals surface area contributed by atoms with E-state index in [1.54, 1.807) is 12.1 Å². The van der Waals surface area contributed by atoms with Gasteiger partial charge in [-0.2, -0.15) is 0 Å². The molecule has 1 nitrogen and oxygen atoms in total. The Bertz CT molecular complexity index is 444. The van der Waals surface area contributed by atoms with E-state index in [2.05, 4.69) is 19.6 Å². The third-order valence-electron chi connectivity index (χ3n) is 2.56. The van der Waals surface area contributed by atoms with Crippen LogP contribution >= 0.6 is 46.4 Å². The van der Waals surface area contributed by atoms with Crippen molar-refractivity contribution in [3.8, 4) is 0 Å². The van der Waals surface area contributed by atoms with Crippen molar-refractivity contribution in [2.24, 2.45) is 0 Å². The number of alkyl halides is 1. The molecule has 6 heteroatoms. The Morgan fingerprint density at radius 3 is 2.00 bits per heavy atom.